The van der Waals surface area contributed by atoms with E-state index in [1.165, 1.54) is 11.3 Å². The fourth-order valence-electron chi connectivity index (χ4n) is 2.15. The Balaban J connectivity index is 1.91. The van der Waals surface area contributed by atoms with Gasteiger partial charge in [-0.3, -0.25) is 0 Å². The topological polar surface area (TPSA) is 81.4 Å². The van der Waals surface area contributed by atoms with Gasteiger partial charge in [0.2, 0.25) is 10.0 Å². The average Bonchev–Trinajstić information content (AvgIpc) is 2.82. The molecule has 0 radical (unpaired) electrons. The summed E-state index contributed by atoms with van der Waals surface area (Å²) in [5.74, 6) is 0. The third-order valence-corrected chi connectivity index (χ3v) is 6.97. The van der Waals surface area contributed by atoms with E-state index in [1.54, 1.807) is 6.07 Å². The molecule has 1 atom stereocenters. The Kier molecular flexibility index (Phi) is 6.00. The molecule has 1 aliphatic rings. The van der Waals surface area contributed by atoms with Crippen molar-refractivity contribution >= 4 is 37.3 Å². The van der Waals surface area contributed by atoms with E-state index in [9.17, 15) is 8.42 Å². The van der Waals surface area contributed by atoms with Gasteiger partial charge in [0.25, 0.3) is 0 Å². The molecule has 1 fully saturated rings. The second kappa shape index (κ2) is 7.33. The zero-order valence-electron chi connectivity index (χ0n) is 11.1. The van der Waals surface area contributed by atoms with E-state index < -0.39 is 10.0 Å². The van der Waals surface area contributed by atoms with E-state index in [1.807, 2.05) is 0 Å². The second-order valence-corrected chi connectivity index (χ2v) is 8.92. The minimum Gasteiger partial charge on any atom is -0.378 e. The van der Waals surface area contributed by atoms with Crippen LogP contribution in [0.4, 0.5) is 0 Å². The van der Waals surface area contributed by atoms with Crippen LogP contribution >= 0.6 is 27.3 Å². The number of nitrogens with one attached hydrogen (secondary N) is 1. The molecule has 0 saturated carbocycles. The molecule has 1 aromatic heterocycles. The maximum Gasteiger partial charge on any atom is 0.242 e. The number of halogens is 1. The molecular weight excluding hydrogens is 364 g/mol. The maximum atomic E-state index is 12.2. The number of thiophene rings is 1. The third kappa shape index (κ3) is 4.25. The standard InChI is InChI=1S/C12H19BrN2O3S2/c13-12-11(7-10(8-14)19-12)20(16,17)15-5-4-9-3-1-2-6-18-9/h7,9,15H,1-6,8,14H2. The quantitative estimate of drug-likeness (QED) is 0.789. The summed E-state index contributed by atoms with van der Waals surface area (Å²) in [6.45, 7) is 1.52. The first-order valence-electron chi connectivity index (χ1n) is 6.62. The lowest BCUT2D eigenvalue weighted by Gasteiger charge is -2.22. The molecule has 3 N–H and O–H groups in total. The first-order chi connectivity index (χ1) is 9.53. The van der Waals surface area contributed by atoms with Crippen LogP contribution in [0.25, 0.3) is 0 Å². The Labute approximate surface area is 132 Å². The molecule has 8 heteroatoms. The highest BCUT2D eigenvalue weighted by atomic mass is 79.9. The summed E-state index contributed by atoms with van der Waals surface area (Å²) in [5.41, 5.74) is 5.53. The van der Waals surface area contributed by atoms with Gasteiger partial charge in [-0.15, -0.1) is 11.3 Å². The SMILES string of the molecule is NCc1cc(S(=O)(=O)NCCC2CCCCO2)c(Br)s1. The average molecular weight is 383 g/mol. The Morgan fingerprint density at radius 1 is 1.50 bits per heavy atom. The van der Waals surface area contributed by atoms with E-state index in [4.69, 9.17) is 10.5 Å². The first kappa shape index (κ1) is 16.4. The van der Waals surface area contributed by atoms with Crippen molar-refractivity contribution in [3.8, 4) is 0 Å². The van der Waals surface area contributed by atoms with Gasteiger partial charge in [-0.1, -0.05) is 0 Å². The summed E-state index contributed by atoms with van der Waals surface area (Å²) >= 11 is 4.63. The zero-order chi connectivity index (χ0) is 14.6. The molecule has 114 valence electrons. The largest absolute Gasteiger partial charge is 0.378 e. The number of hydrogen-bond donors (Lipinski definition) is 2. The number of sulfonamides is 1. The molecule has 0 aromatic carbocycles. The lowest BCUT2D eigenvalue weighted by atomic mass is 10.1. The number of hydrogen-bond acceptors (Lipinski definition) is 5. The molecule has 1 aromatic rings. The lowest BCUT2D eigenvalue weighted by Crippen LogP contribution is -2.29. The van der Waals surface area contributed by atoms with Crippen LogP contribution in [-0.2, 0) is 21.3 Å². The molecule has 1 aliphatic heterocycles. The molecule has 5 nitrogen and oxygen atoms in total. The molecule has 20 heavy (non-hydrogen) atoms. The molecule has 0 aliphatic carbocycles. The smallest absolute Gasteiger partial charge is 0.242 e. The fraction of sp³-hybridized carbons (Fsp3) is 0.667. The minimum atomic E-state index is -3.48. The van der Waals surface area contributed by atoms with Crippen molar-refractivity contribution < 1.29 is 13.2 Å². The van der Waals surface area contributed by atoms with E-state index in [-0.39, 0.29) is 11.0 Å². The highest BCUT2D eigenvalue weighted by molar-refractivity contribution is 9.11. The van der Waals surface area contributed by atoms with Crippen molar-refractivity contribution in [1.29, 1.82) is 0 Å². The number of rotatable bonds is 6. The number of ether oxygens (including phenoxy) is 1. The van der Waals surface area contributed by atoms with Gasteiger partial charge in [0.1, 0.15) is 4.90 Å². The highest BCUT2D eigenvalue weighted by Crippen LogP contribution is 2.31. The zero-order valence-corrected chi connectivity index (χ0v) is 14.3. The molecule has 0 bridgehead atoms. The van der Waals surface area contributed by atoms with Gasteiger partial charge in [-0.25, -0.2) is 13.1 Å². The predicted molar refractivity (Wildman–Crippen MR) is 83.3 cm³/mol. The Morgan fingerprint density at radius 3 is 2.90 bits per heavy atom. The van der Waals surface area contributed by atoms with Gasteiger partial charge in [0, 0.05) is 24.6 Å². The van der Waals surface area contributed by atoms with Gasteiger partial charge in [0.15, 0.2) is 0 Å². The maximum absolute atomic E-state index is 12.2. The highest BCUT2D eigenvalue weighted by Gasteiger charge is 2.21. The van der Waals surface area contributed by atoms with Crippen molar-refractivity contribution in [2.24, 2.45) is 5.73 Å². The lowest BCUT2D eigenvalue weighted by molar-refractivity contribution is 0.0123. The molecule has 2 rings (SSSR count). The predicted octanol–water partition coefficient (Wildman–Crippen LogP) is 2.21. The summed E-state index contributed by atoms with van der Waals surface area (Å²) < 4.78 is 33.2. The molecule has 0 spiro atoms. The monoisotopic (exact) mass is 382 g/mol. The van der Waals surface area contributed by atoms with Gasteiger partial charge in [0.05, 0.1) is 9.89 Å². The van der Waals surface area contributed by atoms with Crippen LogP contribution in [0.5, 0.6) is 0 Å². The summed E-state index contributed by atoms with van der Waals surface area (Å²) in [6.07, 6.45) is 4.17. The van der Waals surface area contributed by atoms with E-state index in [0.717, 1.165) is 30.7 Å². The Hall–Kier alpha value is 0.01000. The minimum absolute atomic E-state index is 0.178. The van der Waals surface area contributed by atoms with Crippen molar-refractivity contribution in [2.45, 2.75) is 43.2 Å². The number of nitrogens with two attached hydrogens (primary N) is 1. The van der Waals surface area contributed by atoms with E-state index in [2.05, 4.69) is 20.7 Å². The van der Waals surface area contributed by atoms with Crippen LogP contribution in [0.3, 0.4) is 0 Å². The van der Waals surface area contributed by atoms with Crippen LogP contribution in [0.15, 0.2) is 14.7 Å². The fourth-order valence-corrected chi connectivity index (χ4v) is 5.76. The summed E-state index contributed by atoms with van der Waals surface area (Å²) in [5, 5.41) is 0. The van der Waals surface area contributed by atoms with Crippen molar-refractivity contribution in [3.63, 3.8) is 0 Å². The van der Waals surface area contributed by atoms with Gasteiger partial charge in [-0.2, -0.15) is 0 Å². The van der Waals surface area contributed by atoms with Crippen molar-refractivity contribution in [3.05, 3.63) is 14.7 Å². The van der Waals surface area contributed by atoms with Crippen LogP contribution in [0.1, 0.15) is 30.6 Å². The summed E-state index contributed by atoms with van der Waals surface area (Å²) in [7, 11) is -3.48. The van der Waals surface area contributed by atoms with Crippen molar-refractivity contribution in [2.75, 3.05) is 13.2 Å². The van der Waals surface area contributed by atoms with E-state index >= 15 is 0 Å². The van der Waals surface area contributed by atoms with Crippen LogP contribution in [0.2, 0.25) is 0 Å². The summed E-state index contributed by atoms with van der Waals surface area (Å²) in [4.78, 5) is 1.11. The van der Waals surface area contributed by atoms with Crippen molar-refractivity contribution in [1.82, 2.24) is 4.72 Å². The van der Waals surface area contributed by atoms with Gasteiger partial charge >= 0.3 is 0 Å². The molecule has 1 unspecified atom stereocenters. The molecule has 2 heterocycles. The van der Waals surface area contributed by atoms with E-state index in [0.29, 0.717) is 23.3 Å². The third-order valence-electron chi connectivity index (χ3n) is 3.23. The second-order valence-electron chi connectivity index (χ2n) is 4.73. The normalized spacial score (nSPS) is 20.2. The van der Waals surface area contributed by atoms with Crippen LogP contribution in [0, 0.1) is 0 Å². The van der Waals surface area contributed by atoms with Gasteiger partial charge < -0.3 is 10.5 Å². The van der Waals surface area contributed by atoms with Crippen LogP contribution < -0.4 is 10.5 Å². The molecular formula is C12H19BrN2O3S2. The Morgan fingerprint density at radius 2 is 2.30 bits per heavy atom. The Bertz CT molecular complexity index is 539. The molecule has 1 saturated heterocycles. The van der Waals surface area contributed by atoms with Gasteiger partial charge in [-0.05, 0) is 47.7 Å². The summed E-state index contributed by atoms with van der Waals surface area (Å²) in [6, 6.07) is 1.62. The van der Waals surface area contributed by atoms with Crippen LogP contribution in [-0.4, -0.2) is 27.7 Å². The molecule has 0 amide bonds. The first-order valence-corrected chi connectivity index (χ1v) is 9.72.